The van der Waals surface area contributed by atoms with Crippen molar-refractivity contribution in [3.63, 3.8) is 0 Å². The maximum absolute atomic E-state index is 12.3. The lowest BCUT2D eigenvalue weighted by atomic mass is 10.1. The third-order valence-electron chi connectivity index (χ3n) is 4.11. The number of nitrogens with one attached hydrogen (secondary N) is 1. The smallest absolute Gasteiger partial charge is 0.261 e. The fourth-order valence-electron chi connectivity index (χ4n) is 2.56. The molecular formula is C21H22N2O3S. The summed E-state index contributed by atoms with van der Waals surface area (Å²) >= 11 is 1.58. The van der Waals surface area contributed by atoms with Crippen LogP contribution in [0.2, 0.25) is 0 Å². The first-order valence-corrected chi connectivity index (χ1v) is 9.53. The number of amides is 1. The number of methoxy groups -OCH3 is 1. The summed E-state index contributed by atoms with van der Waals surface area (Å²) in [6.07, 6.45) is -0.604. The number of hydrogen-bond donors (Lipinski definition) is 1. The van der Waals surface area contributed by atoms with Crippen LogP contribution >= 0.6 is 11.3 Å². The lowest BCUT2D eigenvalue weighted by Gasteiger charge is -2.14. The van der Waals surface area contributed by atoms with Crippen LogP contribution in [0.4, 0.5) is 0 Å². The predicted molar refractivity (Wildman–Crippen MR) is 107 cm³/mol. The van der Waals surface area contributed by atoms with Crippen molar-refractivity contribution in [3.05, 3.63) is 65.2 Å². The van der Waals surface area contributed by atoms with Crippen LogP contribution in [0.5, 0.6) is 11.5 Å². The van der Waals surface area contributed by atoms with Crippen LogP contribution in [-0.2, 0) is 11.3 Å². The van der Waals surface area contributed by atoms with Gasteiger partial charge in [0.1, 0.15) is 16.5 Å². The maximum Gasteiger partial charge on any atom is 0.261 e. The number of benzene rings is 2. The van der Waals surface area contributed by atoms with E-state index < -0.39 is 6.10 Å². The Bertz CT molecular complexity index is 906. The maximum atomic E-state index is 12.3. The average Bonchev–Trinajstić information content (AvgIpc) is 3.15. The zero-order valence-corrected chi connectivity index (χ0v) is 16.4. The molecule has 0 saturated carbocycles. The molecule has 1 heterocycles. The van der Waals surface area contributed by atoms with Crippen LogP contribution in [0.1, 0.15) is 18.2 Å². The predicted octanol–water partition coefficient (Wildman–Crippen LogP) is 4.21. The summed E-state index contributed by atoms with van der Waals surface area (Å²) in [5.74, 6) is 1.18. The van der Waals surface area contributed by atoms with E-state index in [-0.39, 0.29) is 5.91 Å². The Morgan fingerprint density at radius 2 is 1.85 bits per heavy atom. The number of rotatable bonds is 7. The standard InChI is InChI=1S/C21H22N2O3S/c1-14-6-4-5-7-19(14)21-23-16(13-27-21)12-22-20(24)15(2)26-18-10-8-17(25-3)9-11-18/h4-11,13,15H,12H2,1-3H3,(H,22,24). The second kappa shape index (κ2) is 8.68. The molecule has 6 heteroatoms. The molecule has 0 saturated heterocycles. The highest BCUT2D eigenvalue weighted by Gasteiger charge is 2.15. The Hall–Kier alpha value is -2.86. The Balaban J connectivity index is 1.55. The van der Waals surface area contributed by atoms with Crippen molar-refractivity contribution in [1.29, 1.82) is 0 Å². The van der Waals surface area contributed by atoms with Gasteiger partial charge in [0.05, 0.1) is 19.3 Å². The second-order valence-electron chi connectivity index (χ2n) is 6.11. The molecule has 5 nitrogen and oxygen atoms in total. The van der Waals surface area contributed by atoms with Crippen LogP contribution in [0, 0.1) is 6.92 Å². The van der Waals surface area contributed by atoms with Gasteiger partial charge in [-0.3, -0.25) is 4.79 Å². The monoisotopic (exact) mass is 382 g/mol. The fraction of sp³-hybridized carbons (Fsp3) is 0.238. The molecule has 0 spiro atoms. The van der Waals surface area contributed by atoms with Gasteiger partial charge in [-0.05, 0) is 43.7 Å². The third-order valence-corrected chi connectivity index (χ3v) is 5.04. The van der Waals surface area contributed by atoms with E-state index in [0.717, 1.165) is 22.0 Å². The van der Waals surface area contributed by atoms with Gasteiger partial charge in [-0.1, -0.05) is 24.3 Å². The van der Waals surface area contributed by atoms with Crippen molar-refractivity contribution < 1.29 is 14.3 Å². The van der Waals surface area contributed by atoms with Crippen molar-refractivity contribution in [3.8, 4) is 22.1 Å². The van der Waals surface area contributed by atoms with Crippen molar-refractivity contribution in [1.82, 2.24) is 10.3 Å². The molecule has 1 atom stereocenters. The minimum absolute atomic E-state index is 0.184. The summed E-state index contributed by atoms with van der Waals surface area (Å²) in [6, 6.07) is 15.3. The van der Waals surface area contributed by atoms with Crippen LogP contribution < -0.4 is 14.8 Å². The average molecular weight is 382 g/mol. The van der Waals surface area contributed by atoms with Gasteiger partial charge < -0.3 is 14.8 Å². The first kappa shape index (κ1) is 18.9. The summed E-state index contributed by atoms with van der Waals surface area (Å²) in [5, 5.41) is 5.80. The number of nitrogens with zero attached hydrogens (tertiary/aromatic N) is 1. The van der Waals surface area contributed by atoms with E-state index in [1.807, 2.05) is 17.5 Å². The molecular weight excluding hydrogens is 360 g/mol. The van der Waals surface area contributed by atoms with E-state index in [9.17, 15) is 4.79 Å². The highest BCUT2D eigenvalue weighted by molar-refractivity contribution is 7.13. The number of aryl methyl sites for hydroxylation is 1. The number of thiazole rings is 1. The van der Waals surface area contributed by atoms with Crippen molar-refractivity contribution in [2.45, 2.75) is 26.5 Å². The zero-order chi connectivity index (χ0) is 19.2. The lowest BCUT2D eigenvalue weighted by Crippen LogP contribution is -2.35. The summed E-state index contributed by atoms with van der Waals surface area (Å²) in [5.41, 5.74) is 3.14. The quantitative estimate of drug-likeness (QED) is 0.665. The van der Waals surface area contributed by atoms with E-state index in [0.29, 0.717) is 12.3 Å². The molecule has 27 heavy (non-hydrogen) atoms. The number of aromatic nitrogens is 1. The minimum Gasteiger partial charge on any atom is -0.497 e. The van der Waals surface area contributed by atoms with Gasteiger partial charge >= 0.3 is 0 Å². The summed E-state index contributed by atoms with van der Waals surface area (Å²) in [4.78, 5) is 16.9. The Morgan fingerprint density at radius 1 is 1.15 bits per heavy atom. The molecule has 0 aliphatic rings. The number of ether oxygens (including phenoxy) is 2. The molecule has 0 aliphatic heterocycles. The molecule has 2 aromatic carbocycles. The summed E-state index contributed by atoms with van der Waals surface area (Å²) in [7, 11) is 1.61. The van der Waals surface area contributed by atoms with E-state index in [1.54, 1.807) is 49.6 Å². The Morgan fingerprint density at radius 3 is 2.56 bits per heavy atom. The molecule has 140 valence electrons. The summed E-state index contributed by atoms with van der Waals surface area (Å²) < 4.78 is 10.8. The van der Waals surface area contributed by atoms with Crippen LogP contribution in [0.25, 0.3) is 10.6 Å². The zero-order valence-electron chi connectivity index (χ0n) is 15.6. The van der Waals surface area contributed by atoms with E-state index in [4.69, 9.17) is 9.47 Å². The van der Waals surface area contributed by atoms with Gasteiger partial charge in [0.2, 0.25) is 0 Å². The van der Waals surface area contributed by atoms with Gasteiger partial charge in [0.15, 0.2) is 6.10 Å². The molecule has 3 aromatic rings. The van der Waals surface area contributed by atoms with E-state index >= 15 is 0 Å². The van der Waals surface area contributed by atoms with Crippen molar-refractivity contribution in [2.75, 3.05) is 7.11 Å². The van der Waals surface area contributed by atoms with Gasteiger partial charge in [0, 0.05) is 10.9 Å². The minimum atomic E-state index is -0.604. The van der Waals surface area contributed by atoms with E-state index in [2.05, 4.69) is 29.4 Å². The number of hydrogen-bond acceptors (Lipinski definition) is 5. The van der Waals surface area contributed by atoms with Crippen LogP contribution in [-0.4, -0.2) is 24.1 Å². The van der Waals surface area contributed by atoms with Crippen LogP contribution in [0.15, 0.2) is 53.9 Å². The Kier molecular flexibility index (Phi) is 6.08. The van der Waals surface area contributed by atoms with Gasteiger partial charge in [-0.2, -0.15) is 0 Å². The van der Waals surface area contributed by atoms with E-state index in [1.165, 1.54) is 5.56 Å². The molecule has 0 aliphatic carbocycles. The van der Waals surface area contributed by atoms with Crippen molar-refractivity contribution >= 4 is 17.2 Å². The lowest BCUT2D eigenvalue weighted by molar-refractivity contribution is -0.127. The topological polar surface area (TPSA) is 60.5 Å². The highest BCUT2D eigenvalue weighted by Crippen LogP contribution is 2.26. The molecule has 3 rings (SSSR count). The molecule has 0 radical (unpaired) electrons. The first-order chi connectivity index (χ1) is 13.1. The first-order valence-electron chi connectivity index (χ1n) is 8.65. The van der Waals surface area contributed by atoms with Gasteiger partial charge in [-0.15, -0.1) is 11.3 Å². The largest absolute Gasteiger partial charge is 0.497 e. The molecule has 1 N–H and O–H groups in total. The molecule has 1 amide bonds. The fourth-order valence-corrected chi connectivity index (χ4v) is 3.47. The van der Waals surface area contributed by atoms with Crippen molar-refractivity contribution in [2.24, 2.45) is 0 Å². The highest BCUT2D eigenvalue weighted by atomic mass is 32.1. The molecule has 0 fully saturated rings. The third kappa shape index (κ3) is 4.86. The van der Waals surface area contributed by atoms with Gasteiger partial charge in [-0.25, -0.2) is 4.98 Å². The summed E-state index contributed by atoms with van der Waals surface area (Å²) in [6.45, 7) is 4.16. The second-order valence-corrected chi connectivity index (χ2v) is 6.97. The Labute approximate surface area is 163 Å². The van der Waals surface area contributed by atoms with Gasteiger partial charge in [0.25, 0.3) is 5.91 Å². The molecule has 0 bridgehead atoms. The molecule has 1 unspecified atom stereocenters. The number of carbonyl (C=O) groups is 1. The molecule has 1 aromatic heterocycles. The SMILES string of the molecule is COc1ccc(OC(C)C(=O)NCc2csc(-c3ccccc3C)n2)cc1. The van der Waals surface area contributed by atoms with Crippen LogP contribution in [0.3, 0.4) is 0 Å². The number of carbonyl (C=O) groups excluding carboxylic acids is 1. The normalized spacial score (nSPS) is 11.7.